The van der Waals surface area contributed by atoms with E-state index in [2.05, 4.69) is 15.3 Å². The molecule has 1 aromatic carbocycles. The Morgan fingerprint density at radius 3 is 2.50 bits per heavy atom. The smallest absolute Gasteiger partial charge is 0.328 e. The van der Waals surface area contributed by atoms with Crippen LogP contribution in [0.4, 0.5) is 4.79 Å². The Morgan fingerprint density at radius 1 is 1.21 bits per heavy atom. The van der Waals surface area contributed by atoms with Crippen molar-refractivity contribution in [3.05, 3.63) is 41.5 Å². The number of rotatable bonds is 5. The molecule has 9 heteroatoms. The van der Waals surface area contributed by atoms with Gasteiger partial charge in [-0.15, -0.1) is 0 Å². The first-order valence-electron chi connectivity index (χ1n) is 8.88. The number of carbonyl (C=O) groups is 2. The van der Waals surface area contributed by atoms with E-state index in [9.17, 15) is 9.59 Å². The minimum absolute atomic E-state index is 0.377. The van der Waals surface area contributed by atoms with Gasteiger partial charge in [-0.1, -0.05) is 0 Å². The molecule has 3 rings (SSSR count). The van der Waals surface area contributed by atoms with E-state index in [1.807, 2.05) is 12.1 Å². The van der Waals surface area contributed by atoms with E-state index in [0.717, 1.165) is 17.0 Å². The summed E-state index contributed by atoms with van der Waals surface area (Å²) in [6.07, 6.45) is 2.25. The first-order chi connectivity index (χ1) is 13.5. The monoisotopic (exact) mass is 388 g/mol. The van der Waals surface area contributed by atoms with Crippen molar-refractivity contribution in [3.8, 4) is 11.5 Å². The normalized spacial score (nSPS) is 16.7. The predicted octanol–water partition coefficient (Wildman–Crippen LogP) is 1.65. The van der Waals surface area contributed by atoms with Crippen molar-refractivity contribution >= 4 is 12.0 Å². The number of ether oxygens (including phenoxy) is 3. The zero-order chi connectivity index (χ0) is 20.3. The van der Waals surface area contributed by atoms with Crippen molar-refractivity contribution in [2.24, 2.45) is 0 Å². The molecule has 2 aromatic rings. The second-order valence-corrected chi connectivity index (χ2v) is 6.45. The van der Waals surface area contributed by atoms with Crippen LogP contribution >= 0.6 is 0 Å². The van der Waals surface area contributed by atoms with Crippen molar-refractivity contribution in [2.45, 2.75) is 25.4 Å². The van der Waals surface area contributed by atoms with Crippen LogP contribution in [0.15, 0.2) is 24.5 Å². The summed E-state index contributed by atoms with van der Waals surface area (Å²) in [5.41, 5.74) is 2.52. The number of esters is 1. The second-order valence-electron chi connectivity index (χ2n) is 6.45. The third kappa shape index (κ3) is 3.73. The Balaban J connectivity index is 1.99. The van der Waals surface area contributed by atoms with Crippen molar-refractivity contribution in [1.82, 2.24) is 20.2 Å². The molecule has 2 N–H and O–H groups in total. The van der Waals surface area contributed by atoms with Gasteiger partial charge >= 0.3 is 12.0 Å². The maximum atomic E-state index is 13.0. The van der Waals surface area contributed by atoms with E-state index in [1.54, 1.807) is 38.4 Å². The highest BCUT2D eigenvalue weighted by Gasteiger charge is 2.35. The van der Waals surface area contributed by atoms with Crippen LogP contribution in [-0.2, 0) is 16.0 Å². The van der Waals surface area contributed by atoms with Crippen LogP contribution < -0.4 is 14.8 Å². The third-order valence-electron chi connectivity index (χ3n) is 4.77. The van der Waals surface area contributed by atoms with E-state index in [0.29, 0.717) is 24.5 Å². The highest BCUT2D eigenvalue weighted by molar-refractivity contribution is 5.83. The van der Waals surface area contributed by atoms with Crippen LogP contribution in [0.2, 0.25) is 0 Å². The van der Waals surface area contributed by atoms with Gasteiger partial charge in [-0.3, -0.25) is 0 Å². The molecule has 0 bridgehead atoms. The lowest BCUT2D eigenvalue weighted by Gasteiger charge is -2.36. The zero-order valence-electron chi connectivity index (χ0n) is 16.3. The largest absolute Gasteiger partial charge is 0.497 e. The number of H-pyrrole nitrogens is 1. The van der Waals surface area contributed by atoms with Gasteiger partial charge in [-0.25, -0.2) is 14.6 Å². The average molecular weight is 388 g/mol. The first-order valence-corrected chi connectivity index (χ1v) is 8.88. The van der Waals surface area contributed by atoms with E-state index < -0.39 is 18.1 Å². The summed E-state index contributed by atoms with van der Waals surface area (Å²) in [5.74, 6) is 0.714. The van der Waals surface area contributed by atoms with Crippen molar-refractivity contribution in [3.63, 3.8) is 0 Å². The van der Waals surface area contributed by atoms with E-state index in [1.165, 1.54) is 7.11 Å². The number of nitrogens with zero attached hydrogens (tertiary/aromatic N) is 2. The molecule has 0 aliphatic carbocycles. The number of urea groups is 1. The SMILES string of the molecule is COC(=O)C(C)NC(=O)N1CCc2[nH]cnc2C1c1cc(OC)cc(OC)c1. The van der Waals surface area contributed by atoms with E-state index in [-0.39, 0.29) is 6.03 Å². The number of methoxy groups -OCH3 is 3. The molecule has 0 radical (unpaired) electrons. The summed E-state index contributed by atoms with van der Waals surface area (Å²) in [7, 11) is 4.43. The number of imidazole rings is 1. The molecule has 150 valence electrons. The summed E-state index contributed by atoms with van der Waals surface area (Å²) >= 11 is 0. The van der Waals surface area contributed by atoms with Gasteiger partial charge in [0.25, 0.3) is 0 Å². The molecule has 2 atom stereocenters. The molecule has 0 spiro atoms. The Morgan fingerprint density at radius 2 is 1.89 bits per heavy atom. The summed E-state index contributed by atoms with van der Waals surface area (Å²) in [5, 5.41) is 2.69. The van der Waals surface area contributed by atoms with Crippen LogP contribution in [-0.4, -0.2) is 60.8 Å². The Bertz CT molecular complexity index is 844. The van der Waals surface area contributed by atoms with Crippen LogP contribution in [0.25, 0.3) is 0 Å². The van der Waals surface area contributed by atoms with Crippen molar-refractivity contribution in [1.29, 1.82) is 0 Å². The number of hydrogen-bond acceptors (Lipinski definition) is 6. The molecule has 1 aliphatic heterocycles. The lowest BCUT2D eigenvalue weighted by Crippen LogP contribution is -2.50. The maximum Gasteiger partial charge on any atom is 0.328 e. The zero-order valence-corrected chi connectivity index (χ0v) is 16.3. The van der Waals surface area contributed by atoms with Crippen molar-refractivity contribution < 1.29 is 23.8 Å². The Labute approximate surface area is 163 Å². The molecule has 28 heavy (non-hydrogen) atoms. The number of benzene rings is 1. The minimum atomic E-state index is -0.765. The average Bonchev–Trinajstić information content (AvgIpc) is 3.20. The Hall–Kier alpha value is -3.23. The molecule has 2 unspecified atom stereocenters. The van der Waals surface area contributed by atoms with Gasteiger partial charge in [0.15, 0.2) is 0 Å². The quantitative estimate of drug-likeness (QED) is 0.755. The highest BCUT2D eigenvalue weighted by Crippen LogP contribution is 2.36. The predicted molar refractivity (Wildman–Crippen MR) is 100 cm³/mol. The lowest BCUT2D eigenvalue weighted by atomic mass is 9.95. The van der Waals surface area contributed by atoms with Gasteiger partial charge < -0.3 is 29.4 Å². The molecular formula is C19H24N4O5. The van der Waals surface area contributed by atoms with Crippen molar-refractivity contribution in [2.75, 3.05) is 27.9 Å². The van der Waals surface area contributed by atoms with E-state index in [4.69, 9.17) is 14.2 Å². The topological polar surface area (TPSA) is 106 Å². The summed E-state index contributed by atoms with van der Waals surface area (Å²) in [6, 6.07) is 3.87. The molecule has 0 fully saturated rings. The summed E-state index contributed by atoms with van der Waals surface area (Å²) in [4.78, 5) is 33.9. The standard InChI is InChI=1S/C19H24N4O5/c1-11(18(24)28-4)22-19(25)23-6-5-15-16(21-10-20-15)17(23)12-7-13(26-2)9-14(8-12)27-3/h7-11,17H,5-6H2,1-4H3,(H,20,21)(H,22,25). The number of aromatic amines is 1. The van der Waals surface area contributed by atoms with Gasteiger partial charge in [0.2, 0.25) is 0 Å². The minimum Gasteiger partial charge on any atom is -0.497 e. The third-order valence-corrected chi connectivity index (χ3v) is 4.77. The number of nitrogens with one attached hydrogen (secondary N) is 2. The molecule has 1 aromatic heterocycles. The Kier molecular flexibility index (Phi) is 5.72. The number of carbonyl (C=O) groups excluding carboxylic acids is 2. The fourth-order valence-electron chi connectivity index (χ4n) is 3.32. The summed E-state index contributed by atoms with van der Waals surface area (Å²) in [6.45, 7) is 2.04. The number of hydrogen-bond donors (Lipinski definition) is 2. The molecule has 2 heterocycles. The maximum absolute atomic E-state index is 13.0. The fourth-order valence-corrected chi connectivity index (χ4v) is 3.32. The molecule has 2 amide bonds. The fraction of sp³-hybridized carbons (Fsp3) is 0.421. The molecule has 1 aliphatic rings. The lowest BCUT2D eigenvalue weighted by molar-refractivity contribution is -0.142. The molecule has 9 nitrogen and oxygen atoms in total. The highest BCUT2D eigenvalue weighted by atomic mass is 16.5. The van der Waals surface area contributed by atoms with Gasteiger partial charge in [-0.05, 0) is 24.6 Å². The van der Waals surface area contributed by atoms with Gasteiger partial charge in [0, 0.05) is 24.7 Å². The molecular weight excluding hydrogens is 364 g/mol. The van der Waals surface area contributed by atoms with Gasteiger partial charge in [-0.2, -0.15) is 0 Å². The van der Waals surface area contributed by atoms with Crippen LogP contribution in [0, 0.1) is 0 Å². The van der Waals surface area contributed by atoms with E-state index >= 15 is 0 Å². The molecule has 0 saturated heterocycles. The van der Waals surface area contributed by atoms with Crippen LogP contribution in [0.3, 0.4) is 0 Å². The second kappa shape index (κ2) is 8.20. The van der Waals surface area contributed by atoms with Crippen LogP contribution in [0.1, 0.15) is 29.9 Å². The van der Waals surface area contributed by atoms with Gasteiger partial charge in [0.1, 0.15) is 23.6 Å². The van der Waals surface area contributed by atoms with Crippen LogP contribution in [0.5, 0.6) is 11.5 Å². The summed E-state index contributed by atoms with van der Waals surface area (Å²) < 4.78 is 15.4. The number of aromatic nitrogens is 2. The number of fused-ring (bicyclic) bond motifs is 1. The van der Waals surface area contributed by atoms with Gasteiger partial charge in [0.05, 0.1) is 33.4 Å². The first kappa shape index (κ1) is 19.5. The number of amides is 2. The molecule has 0 saturated carbocycles.